The number of methoxy groups -OCH3 is 1. The molecule has 0 N–H and O–H groups in total. The summed E-state index contributed by atoms with van der Waals surface area (Å²) < 4.78 is 13.8. The number of ether oxygens (including phenoxy) is 2. The normalized spacial score (nSPS) is 16.4. The lowest BCUT2D eigenvalue weighted by atomic mass is 9.89. The summed E-state index contributed by atoms with van der Waals surface area (Å²) in [6.07, 6.45) is -0.728. The van der Waals surface area contributed by atoms with Gasteiger partial charge in [0.2, 0.25) is 6.10 Å². The lowest BCUT2D eigenvalue weighted by Gasteiger charge is -2.47. The molecule has 8 heteroatoms. The van der Waals surface area contributed by atoms with Crippen molar-refractivity contribution in [2.75, 3.05) is 12.0 Å². The second kappa shape index (κ2) is 11.0. The van der Waals surface area contributed by atoms with Crippen molar-refractivity contribution < 1.29 is 14.3 Å². The van der Waals surface area contributed by atoms with E-state index in [9.17, 15) is 4.79 Å². The molecule has 0 spiro atoms. The van der Waals surface area contributed by atoms with Crippen LogP contribution in [0.15, 0.2) is 131 Å². The van der Waals surface area contributed by atoms with Crippen molar-refractivity contribution in [3.63, 3.8) is 0 Å². The van der Waals surface area contributed by atoms with Gasteiger partial charge in [-0.05, 0) is 71.7 Å². The number of aromatic nitrogens is 2. The Morgan fingerprint density at radius 1 is 0.773 bits per heavy atom. The van der Waals surface area contributed by atoms with Gasteiger partial charge in [-0.15, -0.1) is 11.3 Å². The molecule has 1 amide bonds. The predicted molar refractivity (Wildman–Crippen MR) is 177 cm³/mol. The molecule has 0 saturated carbocycles. The number of rotatable bonds is 7. The summed E-state index contributed by atoms with van der Waals surface area (Å²) in [5.41, 5.74) is 3.55. The number of thiazole rings is 1. The van der Waals surface area contributed by atoms with Gasteiger partial charge in [-0.2, -0.15) is 0 Å². The van der Waals surface area contributed by atoms with Crippen molar-refractivity contribution in [1.82, 2.24) is 9.97 Å². The fourth-order valence-electron chi connectivity index (χ4n) is 5.74. The fourth-order valence-corrected chi connectivity index (χ4v) is 7.85. The smallest absolute Gasteiger partial charge is 0.271 e. The van der Waals surface area contributed by atoms with E-state index in [2.05, 4.69) is 36.4 Å². The topological polar surface area (TPSA) is 64.5 Å². The zero-order valence-corrected chi connectivity index (χ0v) is 25.2. The van der Waals surface area contributed by atoms with Crippen LogP contribution in [0.1, 0.15) is 11.6 Å². The van der Waals surface area contributed by atoms with Crippen LogP contribution in [0, 0.1) is 0 Å². The average molecular weight is 612 g/mol. The van der Waals surface area contributed by atoms with Gasteiger partial charge in [0.15, 0.2) is 4.34 Å². The quantitative estimate of drug-likeness (QED) is 0.133. The van der Waals surface area contributed by atoms with Gasteiger partial charge < -0.3 is 9.47 Å². The zero-order chi connectivity index (χ0) is 29.6. The molecule has 44 heavy (non-hydrogen) atoms. The first-order chi connectivity index (χ1) is 21.7. The third kappa shape index (κ3) is 4.63. The van der Waals surface area contributed by atoms with Crippen molar-refractivity contribution in [3.8, 4) is 11.5 Å². The number of carbonyl (C=O) groups excluding carboxylic acids is 1. The maximum Gasteiger partial charge on any atom is 0.271 e. The first kappa shape index (κ1) is 26.7. The molecule has 0 aliphatic carbocycles. The van der Waals surface area contributed by atoms with Gasteiger partial charge in [-0.3, -0.25) is 9.69 Å². The number of para-hydroxylation sites is 2. The van der Waals surface area contributed by atoms with Gasteiger partial charge in [0.25, 0.3) is 5.91 Å². The van der Waals surface area contributed by atoms with Crippen LogP contribution in [0.4, 0.5) is 5.69 Å². The number of anilines is 1. The SMILES string of the molecule is COc1ccc(N2C(=O)C(Oc3ccccc3)C2c2cc3ccc4ccccc4c3nc2Sc2nc3ccccc3s2)cc1. The molecule has 214 valence electrons. The molecular weight excluding hydrogens is 587 g/mol. The molecule has 0 radical (unpaired) electrons. The van der Waals surface area contributed by atoms with Crippen molar-refractivity contribution in [1.29, 1.82) is 0 Å². The lowest BCUT2D eigenvalue weighted by molar-refractivity contribution is -0.135. The van der Waals surface area contributed by atoms with Crippen molar-refractivity contribution in [2.24, 2.45) is 0 Å². The van der Waals surface area contributed by atoms with Crippen molar-refractivity contribution >= 4 is 66.6 Å². The van der Waals surface area contributed by atoms with Crippen LogP contribution in [0.5, 0.6) is 11.5 Å². The summed E-state index contributed by atoms with van der Waals surface area (Å²) in [5, 5.41) is 4.00. The Balaban J connectivity index is 1.31. The number of carbonyl (C=O) groups is 1. The number of amides is 1. The van der Waals surface area contributed by atoms with E-state index in [1.807, 2.05) is 84.9 Å². The molecule has 1 fully saturated rings. The maximum absolute atomic E-state index is 13.9. The third-order valence-corrected chi connectivity index (χ3v) is 10.00. The minimum absolute atomic E-state index is 0.112. The van der Waals surface area contributed by atoms with Gasteiger partial charge in [0, 0.05) is 22.0 Å². The highest BCUT2D eigenvalue weighted by Gasteiger charge is 2.52. The molecule has 1 saturated heterocycles. The van der Waals surface area contributed by atoms with E-state index in [0.717, 1.165) is 58.3 Å². The monoisotopic (exact) mass is 611 g/mol. The third-order valence-electron chi connectivity index (χ3n) is 7.88. The Morgan fingerprint density at radius 2 is 1.52 bits per heavy atom. The van der Waals surface area contributed by atoms with Crippen molar-refractivity contribution in [3.05, 3.63) is 127 Å². The number of pyridine rings is 1. The van der Waals surface area contributed by atoms with Crippen molar-refractivity contribution in [2.45, 2.75) is 21.5 Å². The summed E-state index contributed by atoms with van der Waals surface area (Å²) in [6, 6.07) is 39.4. The Kier molecular flexibility index (Phi) is 6.65. The molecule has 2 aromatic heterocycles. The van der Waals surface area contributed by atoms with Gasteiger partial charge >= 0.3 is 0 Å². The van der Waals surface area contributed by atoms with Crippen LogP contribution in [0.2, 0.25) is 0 Å². The number of benzene rings is 5. The van der Waals surface area contributed by atoms with Crippen LogP contribution in [-0.4, -0.2) is 29.1 Å². The van der Waals surface area contributed by atoms with E-state index in [1.165, 1.54) is 11.8 Å². The van der Waals surface area contributed by atoms with Crippen LogP contribution >= 0.6 is 23.1 Å². The summed E-state index contributed by atoms with van der Waals surface area (Å²) in [7, 11) is 1.63. The van der Waals surface area contributed by atoms with E-state index in [1.54, 1.807) is 23.3 Å². The first-order valence-corrected chi connectivity index (χ1v) is 15.8. The van der Waals surface area contributed by atoms with Crippen LogP contribution in [-0.2, 0) is 4.79 Å². The molecule has 6 nitrogen and oxygen atoms in total. The molecule has 1 aliphatic rings. The average Bonchev–Trinajstić information content (AvgIpc) is 3.49. The highest BCUT2D eigenvalue weighted by Crippen LogP contribution is 2.47. The maximum atomic E-state index is 13.9. The van der Waals surface area contributed by atoms with E-state index < -0.39 is 12.1 Å². The van der Waals surface area contributed by atoms with E-state index >= 15 is 0 Å². The molecule has 2 atom stereocenters. The fraction of sp³-hybridized carbons (Fsp3) is 0.0833. The molecular formula is C36H25N3O3S2. The summed E-state index contributed by atoms with van der Waals surface area (Å²) in [4.78, 5) is 25.9. The lowest BCUT2D eigenvalue weighted by Crippen LogP contribution is -2.61. The molecule has 8 rings (SSSR count). The number of β-lactam (4-membered cyclic amide) rings is 1. The summed E-state index contributed by atoms with van der Waals surface area (Å²) in [5.74, 6) is 1.26. The van der Waals surface area contributed by atoms with Crippen LogP contribution in [0.25, 0.3) is 31.9 Å². The second-order valence-electron chi connectivity index (χ2n) is 10.5. The molecule has 7 aromatic rings. The standard InChI is InChI=1S/C36H25N3O3S2/c1-41-25-19-17-24(18-20-25)39-32(33(35(39)40)42-26-10-3-2-4-11-26)28-21-23-16-15-22-9-5-6-12-27(22)31(23)38-34(28)44-36-37-29-13-7-8-14-30(29)43-36/h2-21,32-33H,1H3. The van der Waals surface area contributed by atoms with E-state index in [0.29, 0.717) is 5.75 Å². The van der Waals surface area contributed by atoms with E-state index in [4.69, 9.17) is 19.4 Å². The number of hydrogen-bond donors (Lipinski definition) is 0. The summed E-state index contributed by atoms with van der Waals surface area (Å²) in [6.45, 7) is 0. The van der Waals surface area contributed by atoms with Gasteiger partial charge in [-0.1, -0.05) is 66.7 Å². The highest BCUT2D eigenvalue weighted by molar-refractivity contribution is 8.01. The number of fused-ring (bicyclic) bond motifs is 4. The molecule has 1 aliphatic heterocycles. The predicted octanol–water partition coefficient (Wildman–Crippen LogP) is 8.69. The largest absolute Gasteiger partial charge is 0.497 e. The Morgan fingerprint density at radius 3 is 2.34 bits per heavy atom. The van der Waals surface area contributed by atoms with E-state index in [-0.39, 0.29) is 5.91 Å². The zero-order valence-electron chi connectivity index (χ0n) is 23.6. The molecule has 0 bridgehead atoms. The Labute approximate surface area is 261 Å². The Bertz CT molecular complexity index is 2130. The molecule has 2 unspecified atom stereocenters. The highest BCUT2D eigenvalue weighted by atomic mass is 32.2. The Hall–Kier alpha value is -4.92. The first-order valence-electron chi connectivity index (χ1n) is 14.2. The molecule has 5 aromatic carbocycles. The van der Waals surface area contributed by atoms with Gasteiger partial charge in [0.1, 0.15) is 22.6 Å². The van der Waals surface area contributed by atoms with Gasteiger partial charge in [0.05, 0.1) is 22.8 Å². The van der Waals surface area contributed by atoms with Gasteiger partial charge in [-0.25, -0.2) is 9.97 Å². The minimum atomic E-state index is -0.728. The number of hydrogen-bond acceptors (Lipinski definition) is 7. The second-order valence-corrected chi connectivity index (χ2v) is 12.8. The van der Waals surface area contributed by atoms with Crippen LogP contribution in [0.3, 0.4) is 0 Å². The molecule has 3 heterocycles. The minimum Gasteiger partial charge on any atom is -0.497 e. The summed E-state index contributed by atoms with van der Waals surface area (Å²) >= 11 is 3.18. The number of nitrogens with zero attached hydrogens (tertiary/aromatic N) is 3. The van der Waals surface area contributed by atoms with Crippen LogP contribution < -0.4 is 14.4 Å².